The van der Waals surface area contributed by atoms with Crippen LogP contribution in [0.15, 0.2) is 29.5 Å². The number of hydrogen-bond acceptors (Lipinski definition) is 4. The second-order valence-electron chi connectivity index (χ2n) is 8.96. The van der Waals surface area contributed by atoms with E-state index in [0.29, 0.717) is 13.1 Å². The monoisotopic (exact) mass is 433 g/mol. The quantitative estimate of drug-likeness (QED) is 0.153. The number of unbranched alkanes of at least 4 members (excludes halogenated alkanes) is 13. The highest BCUT2D eigenvalue weighted by Gasteiger charge is 2.34. The molecule has 1 aliphatic rings. The molecule has 5 nitrogen and oxygen atoms in total. The van der Waals surface area contributed by atoms with Crippen molar-refractivity contribution in [2.45, 2.75) is 110 Å². The van der Waals surface area contributed by atoms with Gasteiger partial charge >= 0.3 is 0 Å². The fourth-order valence-corrected chi connectivity index (χ4v) is 4.33. The Morgan fingerprint density at radius 1 is 0.935 bits per heavy atom. The van der Waals surface area contributed by atoms with Crippen molar-refractivity contribution in [1.29, 1.82) is 0 Å². The van der Waals surface area contributed by atoms with E-state index in [4.69, 9.17) is 5.73 Å². The third kappa shape index (κ3) is 12.9. The van der Waals surface area contributed by atoms with E-state index in [1.165, 1.54) is 89.9 Å². The van der Waals surface area contributed by atoms with Crippen molar-refractivity contribution in [2.24, 2.45) is 10.7 Å². The summed E-state index contributed by atoms with van der Waals surface area (Å²) in [5, 5.41) is 11.2. The largest absolute Gasteiger partial charge is 0.544 e. The molecular formula is C26H47N3O2. The standard InChI is InChI=1S/C26H47N3O2/c1-2-3-4-5-6-7-8-9-10-11-12-13-14-15-16-17-18-19-25-28-21-23-29(25,22-20-27)24-26(30)31/h9-10,21,23H,2-8,11-20,22,24,27H2,1H3/b10-9+. The van der Waals surface area contributed by atoms with Crippen LogP contribution in [-0.2, 0) is 4.79 Å². The van der Waals surface area contributed by atoms with E-state index in [1.54, 1.807) is 6.20 Å². The average Bonchev–Trinajstić information content (AvgIpc) is 3.11. The lowest BCUT2D eigenvalue weighted by Crippen LogP contribution is -2.55. The molecule has 0 aliphatic carbocycles. The van der Waals surface area contributed by atoms with Gasteiger partial charge in [0.05, 0.1) is 12.2 Å². The van der Waals surface area contributed by atoms with Crippen molar-refractivity contribution >= 4 is 11.8 Å². The van der Waals surface area contributed by atoms with Crippen LogP contribution in [0, 0.1) is 0 Å². The minimum Gasteiger partial charge on any atom is -0.544 e. The summed E-state index contributed by atoms with van der Waals surface area (Å²) in [6.45, 7) is 3.20. The molecule has 0 aromatic carbocycles. The van der Waals surface area contributed by atoms with E-state index in [9.17, 15) is 9.90 Å². The molecule has 0 spiro atoms. The SMILES string of the molecule is CCCCCCCC/C=C/CCCCCCCCCC1=NC=C[N+]1(CCN)CC(=O)[O-]. The maximum atomic E-state index is 11.2. The Balaban J connectivity index is 1.97. The fraction of sp³-hybridized carbons (Fsp3) is 0.769. The number of carboxylic acids is 1. The number of nitrogens with zero attached hydrogens (tertiary/aromatic N) is 2. The molecule has 1 atom stereocenters. The maximum Gasteiger partial charge on any atom is 0.207 e. The normalized spacial score (nSPS) is 18.2. The second kappa shape index (κ2) is 18.1. The molecule has 1 heterocycles. The van der Waals surface area contributed by atoms with E-state index in [2.05, 4.69) is 24.1 Å². The highest BCUT2D eigenvalue weighted by molar-refractivity contribution is 5.80. The first-order valence-corrected chi connectivity index (χ1v) is 12.8. The van der Waals surface area contributed by atoms with Gasteiger partial charge < -0.3 is 15.6 Å². The Labute approximate surface area is 191 Å². The molecule has 0 saturated heterocycles. The van der Waals surface area contributed by atoms with Gasteiger partial charge in [-0.05, 0) is 32.1 Å². The van der Waals surface area contributed by atoms with Gasteiger partial charge in [0.15, 0.2) is 0 Å². The van der Waals surface area contributed by atoms with Crippen molar-refractivity contribution in [3.63, 3.8) is 0 Å². The second-order valence-corrected chi connectivity index (χ2v) is 8.96. The molecule has 5 heteroatoms. The average molecular weight is 434 g/mol. The van der Waals surface area contributed by atoms with Crippen molar-refractivity contribution in [1.82, 2.24) is 0 Å². The summed E-state index contributed by atoms with van der Waals surface area (Å²) in [5.41, 5.74) is 5.70. The molecule has 0 radical (unpaired) electrons. The highest BCUT2D eigenvalue weighted by Crippen LogP contribution is 2.21. The Hall–Kier alpha value is -1.46. The number of quaternary nitrogens is 1. The van der Waals surface area contributed by atoms with Crippen LogP contribution < -0.4 is 10.8 Å². The molecule has 0 bridgehead atoms. The first kappa shape index (κ1) is 27.6. The molecule has 0 fully saturated rings. The molecule has 178 valence electrons. The van der Waals surface area contributed by atoms with Gasteiger partial charge in [0.1, 0.15) is 19.3 Å². The van der Waals surface area contributed by atoms with E-state index in [-0.39, 0.29) is 11.0 Å². The van der Waals surface area contributed by atoms with Crippen LogP contribution in [0.1, 0.15) is 110 Å². The van der Waals surface area contributed by atoms with Crippen LogP contribution in [0.4, 0.5) is 0 Å². The van der Waals surface area contributed by atoms with Crippen LogP contribution in [0.2, 0.25) is 0 Å². The molecule has 1 aliphatic heterocycles. The first-order valence-electron chi connectivity index (χ1n) is 12.8. The number of carboxylic acid groups (broad SMARTS) is 1. The lowest BCUT2D eigenvalue weighted by Gasteiger charge is -2.32. The minimum atomic E-state index is -1.05. The van der Waals surface area contributed by atoms with Gasteiger partial charge in [-0.2, -0.15) is 0 Å². The molecule has 2 N–H and O–H groups in total. The summed E-state index contributed by atoms with van der Waals surface area (Å²) in [6, 6.07) is 0. The zero-order valence-corrected chi connectivity index (χ0v) is 20.0. The zero-order valence-electron chi connectivity index (χ0n) is 20.0. The maximum absolute atomic E-state index is 11.2. The molecular weight excluding hydrogens is 386 g/mol. The number of hydrogen-bond donors (Lipinski definition) is 1. The lowest BCUT2D eigenvalue weighted by atomic mass is 10.1. The third-order valence-electron chi connectivity index (χ3n) is 6.19. The molecule has 0 amide bonds. The van der Waals surface area contributed by atoms with Crippen LogP contribution in [0.5, 0.6) is 0 Å². The summed E-state index contributed by atoms with van der Waals surface area (Å²) < 4.78 is 0.241. The zero-order chi connectivity index (χ0) is 22.6. The molecule has 0 aromatic rings. The van der Waals surface area contributed by atoms with Crippen LogP contribution >= 0.6 is 0 Å². The van der Waals surface area contributed by atoms with Crippen LogP contribution in [0.25, 0.3) is 0 Å². The first-order chi connectivity index (χ1) is 15.1. The number of carbonyl (C=O) groups is 1. The Bertz CT molecular complexity index is 557. The van der Waals surface area contributed by atoms with Gasteiger partial charge in [0.25, 0.3) is 0 Å². The molecule has 0 saturated carbocycles. The topological polar surface area (TPSA) is 78.5 Å². The number of nitrogens with two attached hydrogens (primary N) is 1. The van der Waals surface area contributed by atoms with Gasteiger partial charge in [-0.1, -0.05) is 83.3 Å². The third-order valence-corrected chi connectivity index (χ3v) is 6.19. The predicted molar refractivity (Wildman–Crippen MR) is 129 cm³/mol. The van der Waals surface area contributed by atoms with Gasteiger partial charge in [-0.15, -0.1) is 0 Å². The van der Waals surface area contributed by atoms with Gasteiger partial charge in [0, 0.05) is 13.0 Å². The number of allylic oxidation sites excluding steroid dienone is 2. The van der Waals surface area contributed by atoms with E-state index < -0.39 is 5.97 Å². The summed E-state index contributed by atoms with van der Waals surface area (Å²) in [7, 11) is 0. The van der Waals surface area contributed by atoms with Gasteiger partial charge in [-0.3, -0.25) is 0 Å². The van der Waals surface area contributed by atoms with Crippen molar-refractivity contribution in [3.8, 4) is 0 Å². The molecule has 1 unspecified atom stereocenters. The Morgan fingerprint density at radius 2 is 1.48 bits per heavy atom. The number of amidine groups is 1. The van der Waals surface area contributed by atoms with Gasteiger partial charge in [-0.25, -0.2) is 9.48 Å². The fourth-order valence-electron chi connectivity index (χ4n) is 4.33. The van der Waals surface area contributed by atoms with Crippen molar-refractivity contribution in [2.75, 3.05) is 19.6 Å². The lowest BCUT2D eigenvalue weighted by molar-refractivity contribution is -0.780. The summed E-state index contributed by atoms with van der Waals surface area (Å²) in [6.07, 6.45) is 28.6. The van der Waals surface area contributed by atoms with Crippen molar-refractivity contribution < 1.29 is 14.4 Å². The van der Waals surface area contributed by atoms with E-state index in [0.717, 1.165) is 18.7 Å². The van der Waals surface area contributed by atoms with Crippen molar-refractivity contribution in [3.05, 3.63) is 24.6 Å². The van der Waals surface area contributed by atoms with E-state index in [1.807, 2.05) is 6.20 Å². The Morgan fingerprint density at radius 3 is 2.03 bits per heavy atom. The minimum absolute atomic E-state index is 0.0695. The molecule has 1 rings (SSSR count). The number of rotatable bonds is 21. The summed E-state index contributed by atoms with van der Waals surface area (Å²) in [4.78, 5) is 15.6. The van der Waals surface area contributed by atoms with Crippen LogP contribution in [-0.4, -0.2) is 35.9 Å². The summed E-state index contributed by atoms with van der Waals surface area (Å²) in [5.74, 6) is -0.132. The number of carbonyl (C=O) groups excluding carboxylic acids is 1. The summed E-state index contributed by atoms with van der Waals surface area (Å²) >= 11 is 0. The molecule has 0 aromatic heterocycles. The number of aliphatic carboxylic acids is 1. The smallest absolute Gasteiger partial charge is 0.207 e. The Kier molecular flexibility index (Phi) is 16.1. The number of aliphatic imine (C=N–C) groups is 1. The van der Waals surface area contributed by atoms with E-state index >= 15 is 0 Å². The highest BCUT2D eigenvalue weighted by atomic mass is 16.4. The molecule has 31 heavy (non-hydrogen) atoms. The predicted octanol–water partition coefficient (Wildman–Crippen LogP) is 5.21. The van der Waals surface area contributed by atoms with Gasteiger partial charge in [0.2, 0.25) is 5.84 Å². The van der Waals surface area contributed by atoms with Crippen LogP contribution in [0.3, 0.4) is 0 Å².